The van der Waals surface area contributed by atoms with E-state index in [0.717, 1.165) is 57.9 Å². The van der Waals surface area contributed by atoms with Gasteiger partial charge >= 0.3 is 5.00 Å². The molecule has 12 heteroatoms. The molecule has 0 saturated heterocycles. The van der Waals surface area contributed by atoms with E-state index in [0.29, 0.717) is 36.2 Å². The van der Waals surface area contributed by atoms with Crippen LogP contribution >= 0.6 is 35.3 Å². The van der Waals surface area contributed by atoms with Crippen LogP contribution < -0.4 is 18.9 Å². The molecule has 0 atom stereocenters. The Balaban J connectivity index is 0.000000182. The van der Waals surface area contributed by atoms with Gasteiger partial charge in [-0.1, -0.05) is 96.0 Å². The number of nitrogens with zero attached hydrogens (tertiary/aromatic N) is 2. The van der Waals surface area contributed by atoms with E-state index in [1.165, 1.54) is 17.8 Å². The highest BCUT2D eigenvalue weighted by molar-refractivity contribution is 8.01. The Labute approximate surface area is 301 Å². The van der Waals surface area contributed by atoms with Gasteiger partial charge in [-0.15, -0.1) is 0 Å². The zero-order chi connectivity index (χ0) is 34.9. The number of hydrogen-bond donors (Lipinski definition) is 1. The molecule has 0 aliphatic heterocycles. The van der Waals surface area contributed by atoms with Crippen LogP contribution in [-0.2, 0) is 13.2 Å². The molecule has 252 valence electrons. The Morgan fingerprint density at radius 1 is 0.780 bits per heavy atom. The second kappa shape index (κ2) is 16.3. The van der Waals surface area contributed by atoms with E-state index in [9.17, 15) is 10.1 Å². The largest absolute Gasteiger partial charge is 0.493 e. The highest BCUT2D eigenvalue weighted by Crippen LogP contribution is 2.42. The predicted octanol–water partition coefficient (Wildman–Crippen LogP) is 10.4. The molecule has 0 bridgehead atoms. The Morgan fingerprint density at radius 3 is 2.00 bits per heavy atom. The number of aromatic amines is 1. The van der Waals surface area contributed by atoms with Crippen LogP contribution in [0, 0.1) is 14.6 Å². The van der Waals surface area contributed by atoms with Crippen molar-refractivity contribution >= 4 is 62.1 Å². The lowest BCUT2D eigenvalue weighted by molar-refractivity contribution is -0.380. The Kier molecular flexibility index (Phi) is 11.2. The summed E-state index contributed by atoms with van der Waals surface area (Å²) in [6, 6.07) is 34.6. The molecule has 50 heavy (non-hydrogen) atoms. The number of H-pyrrole nitrogens is 1. The van der Waals surface area contributed by atoms with E-state index in [-0.39, 0.29) is 9.92 Å². The van der Waals surface area contributed by atoms with Crippen molar-refractivity contribution < 1.29 is 23.9 Å². The molecular weight excluding hydrogens is 691 g/mol. The monoisotopic (exact) mass is 721 g/mol. The lowest BCUT2D eigenvalue weighted by atomic mass is 10.2. The molecule has 0 saturated carbocycles. The minimum Gasteiger partial charge on any atom is -0.493 e. The van der Waals surface area contributed by atoms with Gasteiger partial charge in [-0.3, -0.25) is 15.1 Å². The topological polar surface area (TPSA) is 109 Å². The van der Waals surface area contributed by atoms with Crippen molar-refractivity contribution in [2.24, 2.45) is 0 Å². The van der Waals surface area contributed by atoms with E-state index in [1.807, 2.05) is 103 Å². The molecule has 0 aliphatic carbocycles. The van der Waals surface area contributed by atoms with Crippen molar-refractivity contribution in [3.8, 4) is 23.0 Å². The van der Waals surface area contributed by atoms with Gasteiger partial charge in [0.15, 0.2) is 23.0 Å². The highest BCUT2D eigenvalue weighted by atomic mass is 32.2. The Morgan fingerprint density at radius 2 is 1.40 bits per heavy atom. The lowest BCUT2D eigenvalue weighted by Crippen LogP contribution is -1.98. The van der Waals surface area contributed by atoms with Gasteiger partial charge in [0.2, 0.25) is 0 Å². The number of nitro groups is 1. The zero-order valence-electron chi connectivity index (χ0n) is 27.0. The molecule has 3 aromatic heterocycles. The summed E-state index contributed by atoms with van der Waals surface area (Å²) in [7, 11) is 3.23. The second-order valence-corrected chi connectivity index (χ2v) is 13.6. The molecule has 1 N–H and O–H groups in total. The van der Waals surface area contributed by atoms with E-state index in [1.54, 1.807) is 26.5 Å². The third-order valence-electron chi connectivity index (χ3n) is 7.46. The standard InChI is InChI=1S/C21H16N2O4S2.C17H15NO2S/c1-26-17-11-15-16(12-18(17)27-13-14-5-3-2-4-6-14)22-10-9-19(15)28-21-8-7-20(29-21)23(24)25;1-19-15-9-13-14(18-8-7-17(13)21)10-16(15)20-11-12-5-3-2-4-6-12/h2-12H,13H2,1H3;2-10H,11H2,1H3,(H,18,21). The number of hydrogen-bond acceptors (Lipinski definition) is 10. The number of pyridine rings is 2. The number of nitrogens with one attached hydrogen (secondary N) is 1. The molecule has 7 rings (SSSR count). The van der Waals surface area contributed by atoms with Crippen molar-refractivity contribution in [3.63, 3.8) is 0 Å². The SMILES string of the molecule is COc1cc2c(=S)cc[nH]c2cc1OCc1ccccc1.COc1cc2c(Sc3ccc([N+](=O)[O-])s3)ccnc2cc1OCc1ccccc1. The Hall–Kier alpha value is -5.43. The van der Waals surface area contributed by atoms with E-state index < -0.39 is 0 Å². The molecule has 0 unspecified atom stereocenters. The van der Waals surface area contributed by atoms with Crippen LogP contribution in [0.1, 0.15) is 11.1 Å². The number of thiophene rings is 1. The van der Waals surface area contributed by atoms with Gasteiger partial charge in [-0.2, -0.15) is 0 Å². The van der Waals surface area contributed by atoms with Crippen LogP contribution in [0.25, 0.3) is 21.8 Å². The van der Waals surface area contributed by atoms with Crippen LogP contribution in [0.4, 0.5) is 5.00 Å². The van der Waals surface area contributed by atoms with Crippen LogP contribution in [0.5, 0.6) is 23.0 Å². The molecule has 0 radical (unpaired) electrons. The number of ether oxygens (including phenoxy) is 4. The number of rotatable bonds is 11. The van der Waals surface area contributed by atoms with Gasteiger partial charge in [-0.05, 0) is 41.5 Å². The molecule has 7 aromatic rings. The Bertz CT molecular complexity index is 2300. The normalized spacial score (nSPS) is 10.7. The van der Waals surface area contributed by atoms with Gasteiger partial charge in [0.25, 0.3) is 0 Å². The maximum atomic E-state index is 10.9. The first-order chi connectivity index (χ1) is 24.4. The zero-order valence-corrected chi connectivity index (χ0v) is 29.5. The first-order valence-corrected chi connectivity index (χ1v) is 17.4. The third kappa shape index (κ3) is 8.40. The fraction of sp³-hybridized carbons (Fsp3) is 0.105. The quantitative estimate of drug-likeness (QED) is 0.0793. The maximum absolute atomic E-state index is 10.9. The van der Waals surface area contributed by atoms with E-state index >= 15 is 0 Å². The average molecular weight is 722 g/mol. The minimum atomic E-state index is -0.376. The first-order valence-electron chi connectivity index (χ1n) is 15.3. The summed E-state index contributed by atoms with van der Waals surface area (Å²) >= 11 is 7.95. The number of benzene rings is 4. The summed E-state index contributed by atoms with van der Waals surface area (Å²) in [6.45, 7) is 0.923. The van der Waals surface area contributed by atoms with Gasteiger partial charge < -0.3 is 23.9 Å². The van der Waals surface area contributed by atoms with E-state index in [4.69, 9.17) is 31.2 Å². The van der Waals surface area contributed by atoms with Crippen molar-refractivity contribution in [1.82, 2.24) is 9.97 Å². The van der Waals surface area contributed by atoms with Gasteiger partial charge in [0, 0.05) is 50.8 Å². The average Bonchev–Trinajstić information content (AvgIpc) is 3.63. The predicted molar refractivity (Wildman–Crippen MR) is 201 cm³/mol. The van der Waals surface area contributed by atoms with Gasteiger partial charge in [-0.25, -0.2) is 0 Å². The molecule has 9 nitrogen and oxygen atoms in total. The summed E-state index contributed by atoms with van der Waals surface area (Å²) in [6.07, 6.45) is 3.55. The van der Waals surface area contributed by atoms with Crippen molar-refractivity contribution in [1.29, 1.82) is 0 Å². The van der Waals surface area contributed by atoms with Gasteiger partial charge in [0.05, 0.1) is 34.4 Å². The maximum Gasteiger partial charge on any atom is 0.325 e. The molecule has 3 heterocycles. The summed E-state index contributed by atoms with van der Waals surface area (Å²) in [5.41, 5.74) is 3.88. The second-order valence-electron chi connectivity index (χ2n) is 10.7. The summed E-state index contributed by atoms with van der Waals surface area (Å²) < 4.78 is 24.4. The van der Waals surface area contributed by atoms with Crippen molar-refractivity contribution in [2.75, 3.05) is 14.2 Å². The van der Waals surface area contributed by atoms with Crippen LogP contribution in [0.3, 0.4) is 0 Å². The summed E-state index contributed by atoms with van der Waals surface area (Å²) in [4.78, 5) is 19.1. The number of fused-ring (bicyclic) bond motifs is 2. The first kappa shape index (κ1) is 34.4. The molecule has 0 aliphatic rings. The van der Waals surface area contributed by atoms with Crippen LogP contribution in [0.2, 0.25) is 0 Å². The van der Waals surface area contributed by atoms with Gasteiger partial charge in [0.1, 0.15) is 13.2 Å². The highest BCUT2D eigenvalue weighted by Gasteiger charge is 2.15. The molecular formula is C38H31N3O6S3. The summed E-state index contributed by atoms with van der Waals surface area (Å²) in [5, 5.41) is 12.9. The number of aromatic nitrogens is 2. The van der Waals surface area contributed by atoms with Crippen molar-refractivity contribution in [2.45, 2.75) is 22.3 Å². The summed E-state index contributed by atoms with van der Waals surface area (Å²) in [5.74, 6) is 2.61. The minimum absolute atomic E-state index is 0.125. The van der Waals surface area contributed by atoms with Crippen molar-refractivity contribution in [3.05, 3.63) is 147 Å². The molecule has 0 amide bonds. The fourth-order valence-electron chi connectivity index (χ4n) is 4.98. The third-order valence-corrected chi connectivity index (χ3v) is 10.1. The van der Waals surface area contributed by atoms with Crippen LogP contribution in [0.15, 0.2) is 131 Å². The molecule has 0 fully saturated rings. The fourth-order valence-corrected chi connectivity index (χ4v) is 7.22. The van der Waals surface area contributed by atoms with Crippen LogP contribution in [-0.4, -0.2) is 29.1 Å². The number of methoxy groups -OCH3 is 2. The van der Waals surface area contributed by atoms with E-state index in [2.05, 4.69) is 9.97 Å². The lowest BCUT2D eigenvalue weighted by Gasteiger charge is -2.13. The smallest absolute Gasteiger partial charge is 0.325 e. The molecule has 4 aromatic carbocycles. The molecule has 0 spiro atoms.